The molecule has 0 aromatic carbocycles. The van der Waals surface area contributed by atoms with E-state index >= 15 is 0 Å². The van der Waals surface area contributed by atoms with E-state index in [1.807, 2.05) is 26.2 Å². The van der Waals surface area contributed by atoms with E-state index in [4.69, 9.17) is 0 Å². The summed E-state index contributed by atoms with van der Waals surface area (Å²) in [5, 5.41) is 3.25. The van der Waals surface area contributed by atoms with Gasteiger partial charge in [0.05, 0.1) is 0 Å². The Kier molecular flexibility index (Phi) is 3.05. The van der Waals surface area contributed by atoms with Crippen molar-refractivity contribution in [3.8, 4) is 0 Å². The molecule has 0 bridgehead atoms. The average Bonchev–Trinajstić information content (AvgIpc) is 2.55. The molecule has 2 rings (SSSR count). The molecule has 2 nitrogen and oxygen atoms in total. The lowest BCUT2D eigenvalue weighted by Crippen LogP contribution is -1.99. The van der Waals surface area contributed by atoms with Crippen molar-refractivity contribution in [1.29, 1.82) is 0 Å². The smallest absolute Gasteiger partial charge is 0.0316 e. The lowest BCUT2D eigenvalue weighted by Gasteiger charge is -1.90. The first-order valence-electron chi connectivity index (χ1n) is 4.09. The van der Waals surface area contributed by atoms with Crippen LogP contribution in [0, 0.1) is 0 Å². The molecule has 1 aliphatic rings. The van der Waals surface area contributed by atoms with E-state index in [2.05, 4.69) is 16.4 Å². The number of rotatable bonds is 0. The molecule has 0 fully saturated rings. The molecule has 0 saturated heterocycles. The van der Waals surface area contributed by atoms with Crippen molar-refractivity contribution < 1.29 is 0 Å². The number of hydrogen-bond acceptors (Lipinski definition) is 2. The van der Waals surface area contributed by atoms with Gasteiger partial charge in [0.25, 0.3) is 0 Å². The fourth-order valence-electron chi connectivity index (χ4n) is 1.12. The quantitative estimate of drug-likeness (QED) is 0.609. The zero-order valence-corrected chi connectivity index (χ0v) is 7.09. The summed E-state index contributed by atoms with van der Waals surface area (Å²) in [5.41, 5.74) is 2.74. The van der Waals surface area contributed by atoms with Gasteiger partial charge >= 0.3 is 0 Å². The molecule has 60 valence electrons. The van der Waals surface area contributed by atoms with Gasteiger partial charge in [0, 0.05) is 25.5 Å². The van der Waals surface area contributed by atoms with Crippen molar-refractivity contribution >= 4 is 0 Å². The van der Waals surface area contributed by atoms with Crippen LogP contribution in [0.1, 0.15) is 25.0 Å². The highest BCUT2D eigenvalue weighted by atomic mass is 14.9. The van der Waals surface area contributed by atoms with Gasteiger partial charge in [0.15, 0.2) is 0 Å². The van der Waals surface area contributed by atoms with Crippen molar-refractivity contribution in [1.82, 2.24) is 10.3 Å². The van der Waals surface area contributed by atoms with Crippen LogP contribution in [0.3, 0.4) is 0 Å². The Bertz CT molecular complexity index is 198. The monoisotopic (exact) mass is 150 g/mol. The third kappa shape index (κ3) is 1.77. The molecule has 0 radical (unpaired) electrons. The van der Waals surface area contributed by atoms with Gasteiger partial charge in [-0.05, 0) is 17.2 Å². The van der Waals surface area contributed by atoms with Gasteiger partial charge in [-0.15, -0.1) is 0 Å². The summed E-state index contributed by atoms with van der Waals surface area (Å²) >= 11 is 0. The van der Waals surface area contributed by atoms with Crippen LogP contribution in [0.4, 0.5) is 0 Å². The Morgan fingerprint density at radius 3 is 2.73 bits per heavy atom. The normalized spacial score (nSPS) is 13.3. The maximum absolute atomic E-state index is 4.02. The molecule has 0 aliphatic carbocycles. The highest BCUT2D eigenvalue weighted by Crippen LogP contribution is 2.11. The standard InChI is InChI=1S/C7H8N2.C2H6/c1-2-8-4-7-5-9-3-6(1)7;1-2/h1-2,4,9H,3,5H2;1-2H3. The van der Waals surface area contributed by atoms with Crippen LogP contribution in [-0.2, 0) is 13.1 Å². The van der Waals surface area contributed by atoms with Crippen LogP contribution in [-0.4, -0.2) is 4.98 Å². The zero-order chi connectivity index (χ0) is 8.10. The molecule has 0 atom stereocenters. The van der Waals surface area contributed by atoms with Gasteiger partial charge in [-0.1, -0.05) is 13.8 Å². The third-order valence-corrected chi connectivity index (χ3v) is 1.64. The molecule has 1 aliphatic heterocycles. The van der Waals surface area contributed by atoms with Crippen molar-refractivity contribution in [2.45, 2.75) is 26.9 Å². The average molecular weight is 150 g/mol. The minimum absolute atomic E-state index is 0.989. The summed E-state index contributed by atoms with van der Waals surface area (Å²) in [6.45, 7) is 6.00. The summed E-state index contributed by atoms with van der Waals surface area (Å²) in [5.74, 6) is 0. The minimum atomic E-state index is 0.989. The summed E-state index contributed by atoms with van der Waals surface area (Å²) in [6, 6.07) is 2.06. The minimum Gasteiger partial charge on any atom is -0.309 e. The second-order valence-electron chi connectivity index (χ2n) is 2.25. The van der Waals surface area contributed by atoms with Crippen molar-refractivity contribution in [3.05, 3.63) is 29.6 Å². The SMILES string of the molecule is CC.c1cc2c(cn1)CNC2. The molecular formula is C9H14N2. The lowest BCUT2D eigenvalue weighted by molar-refractivity contribution is 0.764. The van der Waals surface area contributed by atoms with Crippen LogP contribution in [0.15, 0.2) is 18.5 Å². The first kappa shape index (κ1) is 8.21. The maximum atomic E-state index is 4.02. The molecule has 1 N–H and O–H groups in total. The third-order valence-electron chi connectivity index (χ3n) is 1.64. The number of nitrogens with zero attached hydrogens (tertiary/aromatic N) is 1. The van der Waals surface area contributed by atoms with Crippen molar-refractivity contribution in [3.63, 3.8) is 0 Å². The Balaban J connectivity index is 0.000000281. The number of fused-ring (bicyclic) bond motifs is 1. The van der Waals surface area contributed by atoms with E-state index in [1.165, 1.54) is 11.1 Å². The predicted molar refractivity (Wildman–Crippen MR) is 46.1 cm³/mol. The Hall–Kier alpha value is -0.890. The molecule has 11 heavy (non-hydrogen) atoms. The van der Waals surface area contributed by atoms with Crippen molar-refractivity contribution in [2.75, 3.05) is 0 Å². The number of pyridine rings is 1. The van der Waals surface area contributed by atoms with Crippen LogP contribution >= 0.6 is 0 Å². The number of nitrogens with one attached hydrogen (secondary N) is 1. The molecule has 0 unspecified atom stereocenters. The molecule has 1 aromatic heterocycles. The molecular weight excluding hydrogens is 136 g/mol. The van der Waals surface area contributed by atoms with E-state index in [0.717, 1.165) is 13.1 Å². The molecule has 1 aromatic rings. The van der Waals surface area contributed by atoms with Crippen LogP contribution in [0.25, 0.3) is 0 Å². The molecule has 2 heterocycles. The summed E-state index contributed by atoms with van der Waals surface area (Å²) in [7, 11) is 0. The van der Waals surface area contributed by atoms with Gasteiger partial charge in [-0.3, -0.25) is 4.98 Å². The molecule has 2 heteroatoms. The molecule has 0 amide bonds. The van der Waals surface area contributed by atoms with Gasteiger partial charge < -0.3 is 5.32 Å². The largest absolute Gasteiger partial charge is 0.309 e. The van der Waals surface area contributed by atoms with Crippen LogP contribution in [0.2, 0.25) is 0 Å². The van der Waals surface area contributed by atoms with Gasteiger partial charge in [0.2, 0.25) is 0 Å². The van der Waals surface area contributed by atoms with E-state index in [0.29, 0.717) is 0 Å². The van der Waals surface area contributed by atoms with E-state index in [-0.39, 0.29) is 0 Å². The Labute approximate surface area is 67.7 Å². The summed E-state index contributed by atoms with van der Waals surface area (Å²) < 4.78 is 0. The maximum Gasteiger partial charge on any atom is 0.0316 e. The second kappa shape index (κ2) is 4.09. The summed E-state index contributed by atoms with van der Waals surface area (Å²) in [4.78, 5) is 4.02. The highest BCUT2D eigenvalue weighted by molar-refractivity contribution is 5.26. The van der Waals surface area contributed by atoms with Gasteiger partial charge in [0.1, 0.15) is 0 Å². The van der Waals surface area contributed by atoms with E-state index < -0.39 is 0 Å². The number of aromatic nitrogens is 1. The van der Waals surface area contributed by atoms with Crippen molar-refractivity contribution in [2.24, 2.45) is 0 Å². The first-order chi connectivity index (χ1) is 5.47. The fourth-order valence-corrected chi connectivity index (χ4v) is 1.12. The fraction of sp³-hybridized carbons (Fsp3) is 0.444. The first-order valence-corrected chi connectivity index (χ1v) is 4.09. The molecule has 0 saturated carbocycles. The number of hydrogen-bond donors (Lipinski definition) is 1. The van der Waals surface area contributed by atoms with E-state index in [1.54, 1.807) is 0 Å². The Morgan fingerprint density at radius 1 is 1.27 bits per heavy atom. The highest BCUT2D eigenvalue weighted by Gasteiger charge is 2.06. The molecule has 0 spiro atoms. The van der Waals surface area contributed by atoms with Crippen LogP contribution in [0.5, 0.6) is 0 Å². The van der Waals surface area contributed by atoms with E-state index in [9.17, 15) is 0 Å². The second-order valence-corrected chi connectivity index (χ2v) is 2.25. The van der Waals surface area contributed by atoms with Gasteiger partial charge in [-0.25, -0.2) is 0 Å². The zero-order valence-electron chi connectivity index (χ0n) is 7.09. The lowest BCUT2D eigenvalue weighted by atomic mass is 10.2. The summed E-state index contributed by atoms with van der Waals surface area (Å²) in [6.07, 6.45) is 3.77. The van der Waals surface area contributed by atoms with Gasteiger partial charge in [-0.2, -0.15) is 0 Å². The predicted octanol–water partition coefficient (Wildman–Crippen LogP) is 1.71. The Morgan fingerprint density at radius 2 is 2.00 bits per heavy atom. The van der Waals surface area contributed by atoms with Crippen LogP contribution < -0.4 is 5.32 Å². The topological polar surface area (TPSA) is 24.9 Å².